The van der Waals surface area contributed by atoms with Gasteiger partial charge in [-0.25, -0.2) is 15.0 Å². The van der Waals surface area contributed by atoms with Gasteiger partial charge in [0.1, 0.15) is 0 Å². The molecule has 0 spiro atoms. The Balaban J connectivity index is 1.37. The monoisotopic (exact) mass is 421 g/mol. The predicted octanol–water partition coefficient (Wildman–Crippen LogP) is 4.12. The van der Waals surface area contributed by atoms with Crippen LogP contribution in [-0.2, 0) is 6.54 Å². The van der Waals surface area contributed by atoms with Crippen LogP contribution >= 0.6 is 11.3 Å². The summed E-state index contributed by atoms with van der Waals surface area (Å²) in [6, 6.07) is 11.9. The molecule has 0 saturated carbocycles. The third-order valence-electron chi connectivity index (χ3n) is 5.47. The minimum atomic E-state index is 0.142. The van der Waals surface area contributed by atoms with E-state index in [-0.39, 0.29) is 5.91 Å². The number of carbonyl (C=O) groups excluding carboxylic acids is 1. The first kappa shape index (κ1) is 20.6. The SMILES string of the molecule is CCCN(Cc1csc(-c2ncccn2)n1)C1CCN(C(=O)c2ccccc2)CC1. The molecule has 3 aromatic rings. The highest BCUT2D eigenvalue weighted by molar-refractivity contribution is 7.13. The zero-order chi connectivity index (χ0) is 20.8. The molecule has 3 heterocycles. The first-order valence-corrected chi connectivity index (χ1v) is 11.4. The van der Waals surface area contributed by atoms with Crippen LogP contribution in [-0.4, -0.2) is 56.3 Å². The van der Waals surface area contributed by atoms with Gasteiger partial charge in [0.05, 0.1) is 5.69 Å². The zero-order valence-corrected chi connectivity index (χ0v) is 18.1. The summed E-state index contributed by atoms with van der Waals surface area (Å²) in [5.41, 5.74) is 1.85. The number of rotatable bonds is 7. The lowest BCUT2D eigenvalue weighted by Gasteiger charge is -2.38. The van der Waals surface area contributed by atoms with Crippen molar-refractivity contribution in [3.8, 4) is 10.8 Å². The van der Waals surface area contributed by atoms with Crippen molar-refractivity contribution < 1.29 is 4.79 Å². The molecule has 0 aliphatic carbocycles. The van der Waals surface area contributed by atoms with Crippen LogP contribution in [0.25, 0.3) is 10.8 Å². The molecule has 1 saturated heterocycles. The average Bonchev–Trinajstić information content (AvgIpc) is 3.28. The van der Waals surface area contributed by atoms with Gasteiger partial charge in [-0.15, -0.1) is 11.3 Å². The highest BCUT2D eigenvalue weighted by atomic mass is 32.1. The molecular weight excluding hydrogens is 394 g/mol. The zero-order valence-electron chi connectivity index (χ0n) is 17.3. The van der Waals surface area contributed by atoms with Crippen molar-refractivity contribution >= 4 is 17.2 Å². The van der Waals surface area contributed by atoms with Crippen molar-refractivity contribution in [2.75, 3.05) is 19.6 Å². The summed E-state index contributed by atoms with van der Waals surface area (Å²) in [5.74, 6) is 0.826. The molecule has 0 N–H and O–H groups in total. The maximum Gasteiger partial charge on any atom is 0.253 e. The maximum absolute atomic E-state index is 12.7. The minimum Gasteiger partial charge on any atom is -0.339 e. The second kappa shape index (κ2) is 9.91. The number of piperidine rings is 1. The van der Waals surface area contributed by atoms with Gasteiger partial charge in [0, 0.05) is 49.0 Å². The molecule has 156 valence electrons. The molecule has 6 nitrogen and oxygen atoms in total. The molecule has 7 heteroatoms. The van der Waals surface area contributed by atoms with E-state index in [2.05, 4.69) is 27.2 Å². The largest absolute Gasteiger partial charge is 0.339 e. The van der Waals surface area contributed by atoms with E-state index in [1.54, 1.807) is 23.7 Å². The molecule has 2 aromatic heterocycles. The summed E-state index contributed by atoms with van der Waals surface area (Å²) in [6.07, 6.45) is 6.59. The van der Waals surface area contributed by atoms with Gasteiger partial charge in [-0.3, -0.25) is 9.69 Å². The fourth-order valence-corrected chi connectivity index (χ4v) is 4.73. The van der Waals surface area contributed by atoms with Crippen LogP contribution in [0.15, 0.2) is 54.2 Å². The first-order valence-electron chi connectivity index (χ1n) is 10.5. The fourth-order valence-electron chi connectivity index (χ4n) is 3.98. The highest BCUT2D eigenvalue weighted by Crippen LogP contribution is 2.24. The van der Waals surface area contributed by atoms with E-state index >= 15 is 0 Å². The number of hydrogen-bond acceptors (Lipinski definition) is 6. The molecular formula is C23H27N5OS. The molecule has 1 aliphatic rings. The van der Waals surface area contributed by atoms with Crippen molar-refractivity contribution in [1.82, 2.24) is 24.8 Å². The Morgan fingerprint density at radius 1 is 1.13 bits per heavy atom. The molecule has 0 atom stereocenters. The van der Waals surface area contributed by atoms with Crippen molar-refractivity contribution in [1.29, 1.82) is 0 Å². The highest BCUT2D eigenvalue weighted by Gasteiger charge is 2.27. The number of amides is 1. The smallest absolute Gasteiger partial charge is 0.253 e. The molecule has 1 aliphatic heterocycles. The van der Waals surface area contributed by atoms with Gasteiger partial charge in [0.15, 0.2) is 10.8 Å². The standard InChI is InChI=1S/C23H27N5OS/c1-2-13-28(16-19-17-30-22(26-19)21-24-11-6-12-25-21)20-9-14-27(15-10-20)23(29)18-7-4-3-5-8-18/h3-8,11-12,17,20H,2,9-10,13-16H2,1H3. The van der Waals surface area contributed by atoms with Crippen LogP contribution in [0.3, 0.4) is 0 Å². The van der Waals surface area contributed by atoms with Crippen molar-refractivity contribution in [2.45, 2.75) is 38.8 Å². The van der Waals surface area contributed by atoms with E-state index in [0.29, 0.717) is 11.9 Å². The number of nitrogens with zero attached hydrogens (tertiary/aromatic N) is 5. The van der Waals surface area contributed by atoms with Gasteiger partial charge in [-0.1, -0.05) is 25.1 Å². The summed E-state index contributed by atoms with van der Waals surface area (Å²) in [6.45, 7) is 5.68. The van der Waals surface area contributed by atoms with Gasteiger partial charge in [-0.2, -0.15) is 0 Å². The molecule has 1 aromatic carbocycles. The summed E-state index contributed by atoms with van der Waals surface area (Å²) in [5, 5.41) is 2.98. The Morgan fingerprint density at radius 2 is 1.87 bits per heavy atom. The number of hydrogen-bond donors (Lipinski definition) is 0. The normalized spacial score (nSPS) is 14.9. The second-order valence-electron chi connectivity index (χ2n) is 7.58. The van der Waals surface area contributed by atoms with E-state index in [1.165, 1.54) is 0 Å². The van der Waals surface area contributed by atoms with Gasteiger partial charge in [0.2, 0.25) is 0 Å². The molecule has 4 rings (SSSR count). The average molecular weight is 422 g/mol. The van der Waals surface area contributed by atoms with Gasteiger partial charge in [0.25, 0.3) is 5.91 Å². The Morgan fingerprint density at radius 3 is 2.57 bits per heavy atom. The van der Waals surface area contributed by atoms with Crippen LogP contribution in [0.2, 0.25) is 0 Å². The predicted molar refractivity (Wildman–Crippen MR) is 119 cm³/mol. The Labute approximate surface area is 181 Å². The van der Waals surface area contributed by atoms with E-state index in [0.717, 1.165) is 61.7 Å². The van der Waals surface area contributed by atoms with Crippen molar-refractivity contribution in [2.24, 2.45) is 0 Å². The number of aromatic nitrogens is 3. The summed E-state index contributed by atoms with van der Waals surface area (Å²) >= 11 is 1.60. The molecule has 1 fully saturated rings. The Kier molecular flexibility index (Phi) is 6.81. The van der Waals surface area contributed by atoms with Crippen LogP contribution in [0.1, 0.15) is 42.2 Å². The van der Waals surface area contributed by atoms with E-state index in [9.17, 15) is 4.79 Å². The van der Waals surface area contributed by atoms with E-state index in [1.807, 2.05) is 41.3 Å². The van der Waals surface area contributed by atoms with Crippen molar-refractivity contribution in [3.63, 3.8) is 0 Å². The summed E-state index contributed by atoms with van der Waals surface area (Å²) in [4.78, 5) is 30.6. The second-order valence-corrected chi connectivity index (χ2v) is 8.43. The lowest BCUT2D eigenvalue weighted by molar-refractivity contribution is 0.0605. The Hall–Kier alpha value is -2.64. The third-order valence-corrected chi connectivity index (χ3v) is 6.36. The van der Waals surface area contributed by atoms with Crippen LogP contribution in [0.4, 0.5) is 0 Å². The molecule has 1 amide bonds. The van der Waals surface area contributed by atoms with E-state index < -0.39 is 0 Å². The number of thiazole rings is 1. The van der Waals surface area contributed by atoms with Crippen LogP contribution < -0.4 is 0 Å². The molecule has 0 radical (unpaired) electrons. The Bertz CT molecular complexity index is 938. The van der Waals surface area contributed by atoms with Gasteiger partial charge < -0.3 is 4.90 Å². The fraction of sp³-hybridized carbons (Fsp3) is 0.391. The number of likely N-dealkylation sites (tertiary alicyclic amines) is 1. The van der Waals surface area contributed by atoms with E-state index in [4.69, 9.17) is 4.98 Å². The lowest BCUT2D eigenvalue weighted by atomic mass is 10.0. The van der Waals surface area contributed by atoms with Crippen molar-refractivity contribution in [3.05, 3.63) is 65.4 Å². The van der Waals surface area contributed by atoms with Crippen LogP contribution in [0.5, 0.6) is 0 Å². The molecule has 30 heavy (non-hydrogen) atoms. The molecule has 0 bridgehead atoms. The summed E-state index contributed by atoms with van der Waals surface area (Å²) in [7, 11) is 0. The first-order chi connectivity index (χ1) is 14.7. The number of benzene rings is 1. The third kappa shape index (κ3) is 4.91. The summed E-state index contributed by atoms with van der Waals surface area (Å²) < 4.78 is 0. The van der Waals surface area contributed by atoms with Gasteiger partial charge in [-0.05, 0) is 44.0 Å². The quantitative estimate of drug-likeness (QED) is 0.574. The lowest BCUT2D eigenvalue weighted by Crippen LogP contribution is -2.46. The number of carbonyl (C=O) groups is 1. The maximum atomic E-state index is 12.7. The van der Waals surface area contributed by atoms with Gasteiger partial charge >= 0.3 is 0 Å². The minimum absolute atomic E-state index is 0.142. The molecule has 0 unspecified atom stereocenters. The van der Waals surface area contributed by atoms with Crippen LogP contribution in [0, 0.1) is 0 Å². The topological polar surface area (TPSA) is 62.2 Å².